The van der Waals surface area contributed by atoms with Crippen LogP contribution in [0.1, 0.15) is 26.0 Å². The Morgan fingerprint density at radius 1 is 1.28 bits per heavy atom. The minimum Gasteiger partial charge on any atom is -0.311 e. The first-order valence-electron chi connectivity index (χ1n) is 6.40. The van der Waals surface area contributed by atoms with Gasteiger partial charge in [0, 0.05) is 21.7 Å². The van der Waals surface area contributed by atoms with Crippen LogP contribution in [-0.4, -0.2) is 36.1 Å². The van der Waals surface area contributed by atoms with Gasteiger partial charge in [0.25, 0.3) is 0 Å². The van der Waals surface area contributed by atoms with Crippen LogP contribution in [0, 0.1) is 0 Å². The highest BCUT2D eigenvalue weighted by molar-refractivity contribution is 9.11. The molecule has 1 aromatic rings. The third-order valence-corrected chi connectivity index (χ3v) is 4.02. The quantitative estimate of drug-likeness (QED) is 0.702. The van der Waals surface area contributed by atoms with E-state index in [0.717, 1.165) is 47.4 Å². The van der Waals surface area contributed by atoms with Gasteiger partial charge >= 0.3 is 0 Å². The molecule has 102 valence electrons. The second-order valence-electron chi connectivity index (χ2n) is 4.14. The van der Waals surface area contributed by atoms with Gasteiger partial charge in [0.05, 0.1) is 5.69 Å². The van der Waals surface area contributed by atoms with Gasteiger partial charge in [0.15, 0.2) is 0 Å². The van der Waals surface area contributed by atoms with Crippen molar-refractivity contribution in [1.29, 1.82) is 0 Å². The van der Waals surface area contributed by atoms with Gasteiger partial charge in [-0.1, -0.05) is 13.8 Å². The summed E-state index contributed by atoms with van der Waals surface area (Å²) in [5.41, 5.74) is 1.06. The number of rotatable bonds is 8. The molecule has 0 atom stereocenters. The molecule has 0 saturated carbocycles. The summed E-state index contributed by atoms with van der Waals surface area (Å²) in [7, 11) is 0. The maximum absolute atomic E-state index is 4.38. The maximum atomic E-state index is 4.38. The van der Waals surface area contributed by atoms with Crippen molar-refractivity contribution in [1.82, 2.24) is 15.2 Å². The highest BCUT2D eigenvalue weighted by Gasteiger charge is 2.02. The lowest BCUT2D eigenvalue weighted by Gasteiger charge is -2.17. The Kier molecular flexibility index (Phi) is 8.06. The van der Waals surface area contributed by atoms with Crippen molar-refractivity contribution in [2.45, 2.75) is 26.8 Å². The number of nitrogens with zero attached hydrogens (tertiary/aromatic N) is 2. The first kappa shape index (κ1) is 16.1. The fourth-order valence-corrected chi connectivity index (χ4v) is 2.87. The van der Waals surface area contributed by atoms with E-state index in [4.69, 9.17) is 0 Å². The van der Waals surface area contributed by atoms with E-state index < -0.39 is 0 Å². The number of nitrogens with one attached hydrogen (secondary N) is 1. The Bertz CT molecular complexity index is 354. The predicted molar refractivity (Wildman–Crippen MR) is 83.7 cm³/mol. The molecule has 0 aliphatic rings. The first-order valence-corrected chi connectivity index (χ1v) is 7.99. The molecule has 0 spiro atoms. The first-order chi connectivity index (χ1) is 8.67. The van der Waals surface area contributed by atoms with Crippen LogP contribution >= 0.6 is 31.9 Å². The number of hydrogen-bond acceptors (Lipinski definition) is 3. The fourth-order valence-electron chi connectivity index (χ4n) is 1.75. The third kappa shape index (κ3) is 5.78. The Morgan fingerprint density at radius 2 is 2.00 bits per heavy atom. The molecule has 1 N–H and O–H groups in total. The highest BCUT2D eigenvalue weighted by Crippen LogP contribution is 2.19. The summed E-state index contributed by atoms with van der Waals surface area (Å²) in [4.78, 5) is 6.82. The molecule has 0 aromatic carbocycles. The normalized spacial score (nSPS) is 11.2. The average Bonchev–Trinajstić information content (AvgIpc) is 2.36. The Balaban J connectivity index is 2.21. The van der Waals surface area contributed by atoms with Crippen molar-refractivity contribution in [3.63, 3.8) is 0 Å². The van der Waals surface area contributed by atoms with Crippen molar-refractivity contribution in [2.24, 2.45) is 0 Å². The standard InChI is InChI=1S/C13H21Br2N3/c1-3-18(4-2)7-5-6-16-10-13-12(15)8-11(14)9-17-13/h8-9,16H,3-7,10H2,1-2H3. The lowest BCUT2D eigenvalue weighted by atomic mass is 10.3. The molecule has 18 heavy (non-hydrogen) atoms. The molecule has 5 heteroatoms. The van der Waals surface area contributed by atoms with E-state index >= 15 is 0 Å². The lowest BCUT2D eigenvalue weighted by molar-refractivity contribution is 0.298. The summed E-state index contributed by atoms with van der Waals surface area (Å²) in [6.45, 7) is 9.69. The van der Waals surface area contributed by atoms with Crippen LogP contribution in [0.5, 0.6) is 0 Å². The number of pyridine rings is 1. The average molecular weight is 379 g/mol. The topological polar surface area (TPSA) is 28.2 Å². The summed E-state index contributed by atoms with van der Waals surface area (Å²) in [6, 6.07) is 2.03. The summed E-state index contributed by atoms with van der Waals surface area (Å²) in [5.74, 6) is 0. The second kappa shape index (κ2) is 9.02. The molecule has 0 fully saturated rings. The van der Waals surface area contributed by atoms with Crippen LogP contribution in [0.25, 0.3) is 0 Å². The van der Waals surface area contributed by atoms with Gasteiger partial charge in [-0.05, 0) is 70.5 Å². The summed E-state index contributed by atoms with van der Waals surface area (Å²) in [6.07, 6.45) is 3.01. The highest BCUT2D eigenvalue weighted by atomic mass is 79.9. The SMILES string of the molecule is CCN(CC)CCCNCc1ncc(Br)cc1Br. The molecule has 3 nitrogen and oxygen atoms in total. The molecule has 0 amide bonds. The van der Waals surface area contributed by atoms with Crippen molar-refractivity contribution >= 4 is 31.9 Å². The van der Waals surface area contributed by atoms with E-state index in [1.165, 1.54) is 6.42 Å². The van der Waals surface area contributed by atoms with E-state index in [1.807, 2.05) is 12.3 Å². The minimum absolute atomic E-state index is 0.812. The van der Waals surface area contributed by atoms with E-state index in [9.17, 15) is 0 Å². The predicted octanol–water partition coefficient (Wildman–Crippen LogP) is 3.43. The van der Waals surface area contributed by atoms with Gasteiger partial charge in [-0.3, -0.25) is 4.98 Å². The molecule has 0 bridgehead atoms. The zero-order valence-electron chi connectivity index (χ0n) is 11.0. The zero-order valence-corrected chi connectivity index (χ0v) is 14.2. The smallest absolute Gasteiger partial charge is 0.0684 e. The van der Waals surface area contributed by atoms with E-state index in [2.05, 4.69) is 60.9 Å². The number of hydrogen-bond donors (Lipinski definition) is 1. The van der Waals surface area contributed by atoms with Gasteiger partial charge in [0.2, 0.25) is 0 Å². The van der Waals surface area contributed by atoms with Crippen molar-refractivity contribution in [3.05, 3.63) is 26.9 Å². The van der Waals surface area contributed by atoms with Gasteiger partial charge in [-0.15, -0.1) is 0 Å². The van der Waals surface area contributed by atoms with Gasteiger partial charge in [-0.2, -0.15) is 0 Å². The van der Waals surface area contributed by atoms with Crippen LogP contribution in [-0.2, 0) is 6.54 Å². The van der Waals surface area contributed by atoms with Crippen LogP contribution in [0.2, 0.25) is 0 Å². The second-order valence-corrected chi connectivity index (χ2v) is 5.91. The molecule has 0 unspecified atom stereocenters. The minimum atomic E-state index is 0.812. The van der Waals surface area contributed by atoms with Gasteiger partial charge < -0.3 is 10.2 Å². The maximum Gasteiger partial charge on any atom is 0.0684 e. The largest absolute Gasteiger partial charge is 0.311 e. The summed E-state index contributed by atoms with van der Waals surface area (Å²) < 4.78 is 2.05. The molecule has 1 aromatic heterocycles. The molecule has 0 aliphatic carbocycles. The monoisotopic (exact) mass is 377 g/mol. The van der Waals surface area contributed by atoms with Crippen LogP contribution < -0.4 is 5.32 Å². The molecule has 0 aliphatic heterocycles. The van der Waals surface area contributed by atoms with Gasteiger partial charge in [-0.25, -0.2) is 0 Å². The lowest BCUT2D eigenvalue weighted by Crippen LogP contribution is -2.27. The van der Waals surface area contributed by atoms with Crippen LogP contribution in [0.3, 0.4) is 0 Å². The third-order valence-electron chi connectivity index (χ3n) is 2.90. The van der Waals surface area contributed by atoms with Crippen LogP contribution in [0.15, 0.2) is 21.2 Å². The number of aromatic nitrogens is 1. The molecular formula is C13H21Br2N3. The van der Waals surface area contributed by atoms with E-state index in [0.29, 0.717) is 0 Å². The zero-order chi connectivity index (χ0) is 13.4. The van der Waals surface area contributed by atoms with E-state index in [1.54, 1.807) is 0 Å². The van der Waals surface area contributed by atoms with Crippen LogP contribution in [0.4, 0.5) is 0 Å². The van der Waals surface area contributed by atoms with Gasteiger partial charge in [0.1, 0.15) is 0 Å². The van der Waals surface area contributed by atoms with E-state index in [-0.39, 0.29) is 0 Å². The summed E-state index contributed by atoms with van der Waals surface area (Å²) >= 11 is 6.92. The summed E-state index contributed by atoms with van der Waals surface area (Å²) in [5, 5.41) is 3.43. The Hall–Kier alpha value is 0.0300. The fraction of sp³-hybridized carbons (Fsp3) is 0.615. The molecule has 1 heterocycles. The Morgan fingerprint density at radius 3 is 2.61 bits per heavy atom. The molecular weight excluding hydrogens is 358 g/mol. The Labute approximate surface area is 127 Å². The van der Waals surface area contributed by atoms with Crippen molar-refractivity contribution in [3.8, 4) is 0 Å². The molecule has 1 rings (SSSR count). The van der Waals surface area contributed by atoms with Crippen molar-refractivity contribution in [2.75, 3.05) is 26.2 Å². The number of halogens is 2. The molecule has 0 radical (unpaired) electrons. The molecule has 0 saturated heterocycles. The van der Waals surface area contributed by atoms with Crippen molar-refractivity contribution < 1.29 is 0 Å².